The van der Waals surface area contributed by atoms with Crippen LogP contribution in [0.4, 0.5) is 5.82 Å². The molecule has 5 heterocycles. The molecular formula is C16H19ClN4O2. The quantitative estimate of drug-likeness (QED) is 0.790. The zero-order valence-electron chi connectivity index (χ0n) is 12.8. The molecule has 2 aromatic rings. The lowest BCUT2D eigenvalue weighted by atomic mass is 10.2. The molecule has 3 fully saturated rings. The van der Waals surface area contributed by atoms with Crippen LogP contribution in [0.3, 0.4) is 0 Å². The fourth-order valence-electron chi connectivity index (χ4n) is 4.00. The van der Waals surface area contributed by atoms with E-state index in [0.29, 0.717) is 17.3 Å². The van der Waals surface area contributed by atoms with Gasteiger partial charge in [0.1, 0.15) is 5.15 Å². The van der Waals surface area contributed by atoms with Gasteiger partial charge in [0.05, 0.1) is 29.7 Å². The van der Waals surface area contributed by atoms with Gasteiger partial charge in [0.15, 0.2) is 12.0 Å². The van der Waals surface area contributed by atoms with Gasteiger partial charge in [-0.15, -0.1) is 0 Å². The van der Waals surface area contributed by atoms with Crippen molar-refractivity contribution in [3.63, 3.8) is 0 Å². The Morgan fingerprint density at radius 2 is 2.22 bits per heavy atom. The van der Waals surface area contributed by atoms with Gasteiger partial charge in [0.25, 0.3) is 0 Å². The number of hydrogen-bond acceptors (Lipinski definition) is 5. The average molecular weight is 335 g/mol. The fraction of sp³-hybridized carbons (Fsp3) is 0.625. The standard InChI is InChI=1S/C16H19ClN4O2/c17-14-6-13-12(7-18-14)16(20-8-11-5-10(20)9-23-11)19-21(13)15-3-1-2-4-22-15/h6-7,10-11,15H,1-5,8-9H2. The highest BCUT2D eigenvalue weighted by molar-refractivity contribution is 6.30. The Morgan fingerprint density at radius 3 is 2.96 bits per heavy atom. The van der Waals surface area contributed by atoms with Crippen LogP contribution in [0.5, 0.6) is 0 Å². The third kappa shape index (κ3) is 2.23. The van der Waals surface area contributed by atoms with E-state index in [-0.39, 0.29) is 6.23 Å². The van der Waals surface area contributed by atoms with Gasteiger partial charge >= 0.3 is 0 Å². The molecule has 2 bridgehead atoms. The second kappa shape index (κ2) is 5.33. The minimum atomic E-state index is -0.00509. The number of pyridine rings is 1. The van der Waals surface area contributed by atoms with Crippen LogP contribution in [0.15, 0.2) is 12.3 Å². The summed E-state index contributed by atoms with van der Waals surface area (Å²) in [5, 5.41) is 6.46. The van der Waals surface area contributed by atoms with Crippen LogP contribution in [-0.4, -0.2) is 46.7 Å². The van der Waals surface area contributed by atoms with E-state index in [9.17, 15) is 0 Å². The Kier molecular flexibility index (Phi) is 3.25. The van der Waals surface area contributed by atoms with Crippen LogP contribution in [-0.2, 0) is 9.47 Å². The summed E-state index contributed by atoms with van der Waals surface area (Å²) in [6.45, 7) is 2.49. The highest BCUT2D eigenvalue weighted by Crippen LogP contribution is 2.38. The summed E-state index contributed by atoms with van der Waals surface area (Å²) in [5.74, 6) is 0.995. The third-order valence-electron chi connectivity index (χ3n) is 5.14. The summed E-state index contributed by atoms with van der Waals surface area (Å²) in [5.41, 5.74) is 1.01. The lowest BCUT2D eigenvalue weighted by Gasteiger charge is -2.27. The van der Waals surface area contributed by atoms with Crippen molar-refractivity contribution >= 4 is 28.3 Å². The van der Waals surface area contributed by atoms with E-state index in [1.807, 2.05) is 16.9 Å². The lowest BCUT2D eigenvalue weighted by Crippen LogP contribution is -2.37. The van der Waals surface area contributed by atoms with Crippen molar-refractivity contribution in [2.45, 2.75) is 44.1 Å². The van der Waals surface area contributed by atoms with Gasteiger partial charge in [0, 0.05) is 25.4 Å². The number of rotatable bonds is 2. The largest absolute Gasteiger partial charge is 0.374 e. The molecule has 0 aliphatic carbocycles. The molecule has 0 saturated carbocycles. The average Bonchev–Trinajstić information content (AvgIpc) is 3.28. The number of aromatic nitrogens is 3. The first-order chi connectivity index (χ1) is 11.3. The van der Waals surface area contributed by atoms with E-state index in [0.717, 1.165) is 55.7 Å². The number of halogens is 1. The maximum absolute atomic E-state index is 6.13. The highest BCUT2D eigenvalue weighted by atomic mass is 35.5. The summed E-state index contributed by atoms with van der Waals surface area (Å²) in [7, 11) is 0. The maximum Gasteiger partial charge on any atom is 0.160 e. The van der Waals surface area contributed by atoms with Gasteiger partial charge in [-0.25, -0.2) is 9.67 Å². The van der Waals surface area contributed by atoms with Crippen molar-refractivity contribution in [2.24, 2.45) is 0 Å². The fourth-order valence-corrected chi connectivity index (χ4v) is 4.15. The molecule has 3 saturated heterocycles. The molecule has 0 aromatic carbocycles. The number of ether oxygens (including phenoxy) is 2. The highest BCUT2D eigenvalue weighted by Gasteiger charge is 2.41. The first kappa shape index (κ1) is 14.0. The molecule has 3 aliphatic rings. The minimum absolute atomic E-state index is 0.00509. The van der Waals surface area contributed by atoms with E-state index >= 15 is 0 Å². The molecule has 0 N–H and O–H groups in total. The molecule has 3 unspecified atom stereocenters. The van der Waals surface area contributed by atoms with Crippen LogP contribution < -0.4 is 4.90 Å². The molecule has 0 spiro atoms. The molecule has 6 nitrogen and oxygen atoms in total. The number of morpholine rings is 1. The molecule has 2 aromatic heterocycles. The lowest BCUT2D eigenvalue weighted by molar-refractivity contribution is -0.0366. The van der Waals surface area contributed by atoms with Crippen LogP contribution in [0.1, 0.15) is 31.9 Å². The number of fused-ring (bicyclic) bond motifs is 3. The normalized spacial score (nSPS) is 30.5. The van der Waals surface area contributed by atoms with Crippen molar-refractivity contribution in [1.29, 1.82) is 0 Å². The van der Waals surface area contributed by atoms with Gasteiger partial charge in [-0.05, 0) is 25.7 Å². The monoisotopic (exact) mass is 334 g/mol. The molecule has 3 atom stereocenters. The smallest absolute Gasteiger partial charge is 0.160 e. The Balaban J connectivity index is 1.62. The Bertz CT molecular complexity index is 743. The Hall–Kier alpha value is -1.37. The van der Waals surface area contributed by atoms with Gasteiger partial charge < -0.3 is 14.4 Å². The molecule has 3 aliphatic heterocycles. The topological polar surface area (TPSA) is 52.4 Å². The van der Waals surface area contributed by atoms with Gasteiger partial charge in [0.2, 0.25) is 0 Å². The van der Waals surface area contributed by atoms with Gasteiger partial charge in [-0.1, -0.05) is 11.6 Å². The van der Waals surface area contributed by atoms with Crippen molar-refractivity contribution in [3.8, 4) is 0 Å². The van der Waals surface area contributed by atoms with Gasteiger partial charge in [-0.2, -0.15) is 5.10 Å². The maximum atomic E-state index is 6.13. The van der Waals surface area contributed by atoms with Crippen LogP contribution in [0.25, 0.3) is 10.9 Å². The Morgan fingerprint density at radius 1 is 1.26 bits per heavy atom. The minimum Gasteiger partial charge on any atom is -0.374 e. The van der Waals surface area contributed by atoms with E-state index in [1.54, 1.807) is 0 Å². The number of nitrogens with zero attached hydrogens (tertiary/aromatic N) is 4. The predicted octanol–water partition coefficient (Wildman–Crippen LogP) is 2.76. The Labute approximate surface area is 139 Å². The molecule has 7 heteroatoms. The third-order valence-corrected chi connectivity index (χ3v) is 5.35. The molecule has 5 rings (SSSR count). The summed E-state index contributed by atoms with van der Waals surface area (Å²) < 4.78 is 13.7. The number of hydrogen-bond donors (Lipinski definition) is 0. The molecule has 23 heavy (non-hydrogen) atoms. The molecule has 0 amide bonds. The van der Waals surface area contributed by atoms with E-state index in [2.05, 4.69) is 9.88 Å². The second-order valence-electron chi connectivity index (χ2n) is 6.61. The van der Waals surface area contributed by atoms with E-state index in [4.69, 9.17) is 26.2 Å². The summed E-state index contributed by atoms with van der Waals surface area (Å²) in [6.07, 6.45) is 6.55. The van der Waals surface area contributed by atoms with Crippen molar-refractivity contribution < 1.29 is 9.47 Å². The summed E-state index contributed by atoms with van der Waals surface area (Å²) in [4.78, 5) is 6.64. The number of anilines is 1. The zero-order chi connectivity index (χ0) is 15.4. The molecular weight excluding hydrogens is 316 g/mol. The van der Waals surface area contributed by atoms with E-state index < -0.39 is 0 Å². The summed E-state index contributed by atoms with van der Waals surface area (Å²) >= 11 is 6.13. The summed E-state index contributed by atoms with van der Waals surface area (Å²) in [6, 6.07) is 2.32. The van der Waals surface area contributed by atoms with E-state index in [1.165, 1.54) is 6.42 Å². The zero-order valence-corrected chi connectivity index (χ0v) is 13.6. The molecule has 0 radical (unpaired) electrons. The van der Waals surface area contributed by atoms with Crippen molar-refractivity contribution in [1.82, 2.24) is 14.8 Å². The van der Waals surface area contributed by atoms with Crippen LogP contribution >= 0.6 is 11.6 Å². The van der Waals surface area contributed by atoms with Crippen molar-refractivity contribution in [2.75, 3.05) is 24.7 Å². The second-order valence-corrected chi connectivity index (χ2v) is 7.00. The van der Waals surface area contributed by atoms with Crippen molar-refractivity contribution in [3.05, 3.63) is 17.4 Å². The van der Waals surface area contributed by atoms with Crippen LogP contribution in [0, 0.1) is 0 Å². The molecule has 122 valence electrons. The van der Waals surface area contributed by atoms with Crippen LogP contribution in [0.2, 0.25) is 5.15 Å². The SMILES string of the molecule is Clc1cc2c(cn1)c(N1CC3CC1CO3)nn2C1CCCCO1. The predicted molar refractivity (Wildman–Crippen MR) is 86.9 cm³/mol. The van der Waals surface area contributed by atoms with Gasteiger partial charge in [-0.3, -0.25) is 0 Å². The first-order valence-corrected chi connectivity index (χ1v) is 8.71. The first-order valence-electron chi connectivity index (χ1n) is 8.33.